The Kier molecular flexibility index (Phi) is 9.70. The van der Waals surface area contributed by atoms with E-state index in [0.717, 1.165) is 29.8 Å². The number of hydrogen-bond acceptors (Lipinski definition) is 4. The molecule has 3 rings (SSSR count). The van der Waals surface area contributed by atoms with Crippen molar-refractivity contribution in [2.45, 2.75) is 38.4 Å². The molecule has 1 heterocycles. The van der Waals surface area contributed by atoms with E-state index in [2.05, 4.69) is 33.8 Å². The Bertz CT molecular complexity index is 1140. The van der Waals surface area contributed by atoms with Gasteiger partial charge in [-0.1, -0.05) is 36.4 Å². The second-order valence-electron chi connectivity index (χ2n) is 7.48. The summed E-state index contributed by atoms with van der Waals surface area (Å²) in [4.78, 5) is 9.15. The highest BCUT2D eigenvalue weighted by atomic mass is 127. The summed E-state index contributed by atoms with van der Waals surface area (Å²) < 4.78 is 25.6. The van der Waals surface area contributed by atoms with Gasteiger partial charge in [-0.05, 0) is 42.2 Å². The molecule has 9 heteroatoms. The number of nitrogens with one attached hydrogen (secondary N) is 2. The zero-order chi connectivity index (χ0) is 22.3. The lowest BCUT2D eigenvalue weighted by Crippen LogP contribution is -2.36. The van der Waals surface area contributed by atoms with E-state index in [4.69, 9.17) is 4.99 Å². The smallest absolute Gasteiger partial charge is 0.191 e. The van der Waals surface area contributed by atoms with Crippen LogP contribution in [0.15, 0.2) is 71.1 Å². The number of imidazole rings is 1. The highest BCUT2D eigenvalue weighted by Crippen LogP contribution is 2.16. The molecule has 0 bridgehead atoms. The molecule has 0 atom stereocenters. The standard InChI is InChI=1S/C23H29N5O2S.HI/c1-4-25-23(27-15-20-8-9-22(18(2)12-20)31(3,29)30)26-14-19-6-5-7-21(13-19)16-28-11-10-24-17-28;/h5-13,17H,4,14-16H2,1-3H3,(H2,25,26,27);1H. The molecule has 3 aromatic rings. The van der Waals surface area contributed by atoms with E-state index in [1.807, 2.05) is 49.1 Å². The van der Waals surface area contributed by atoms with Gasteiger partial charge in [0.1, 0.15) is 0 Å². The predicted octanol–water partition coefficient (Wildman–Crippen LogP) is 3.52. The minimum absolute atomic E-state index is 0. The SMILES string of the molecule is CCNC(=NCc1cccc(Cn2ccnc2)c1)NCc1ccc(S(C)(=O)=O)c(C)c1.I. The van der Waals surface area contributed by atoms with Crippen LogP contribution in [0, 0.1) is 6.92 Å². The van der Waals surface area contributed by atoms with Crippen molar-refractivity contribution in [2.75, 3.05) is 12.8 Å². The van der Waals surface area contributed by atoms with Crippen molar-refractivity contribution in [3.8, 4) is 0 Å². The lowest BCUT2D eigenvalue weighted by atomic mass is 10.1. The van der Waals surface area contributed by atoms with E-state index < -0.39 is 9.84 Å². The first-order valence-electron chi connectivity index (χ1n) is 10.2. The van der Waals surface area contributed by atoms with Crippen molar-refractivity contribution in [1.82, 2.24) is 20.2 Å². The van der Waals surface area contributed by atoms with E-state index in [1.165, 1.54) is 11.8 Å². The van der Waals surface area contributed by atoms with E-state index >= 15 is 0 Å². The number of hydrogen-bond donors (Lipinski definition) is 2. The van der Waals surface area contributed by atoms with Crippen molar-refractivity contribution in [3.63, 3.8) is 0 Å². The number of aryl methyl sites for hydroxylation is 1. The van der Waals surface area contributed by atoms with Crippen molar-refractivity contribution in [1.29, 1.82) is 0 Å². The fourth-order valence-electron chi connectivity index (χ4n) is 3.35. The van der Waals surface area contributed by atoms with Crippen LogP contribution in [-0.4, -0.2) is 36.7 Å². The van der Waals surface area contributed by atoms with Crippen LogP contribution in [0.2, 0.25) is 0 Å². The third-order valence-corrected chi connectivity index (χ3v) is 6.04. The van der Waals surface area contributed by atoms with Gasteiger partial charge in [-0.3, -0.25) is 0 Å². The molecule has 0 amide bonds. The normalized spacial score (nSPS) is 11.7. The van der Waals surface area contributed by atoms with Gasteiger partial charge in [-0.15, -0.1) is 24.0 Å². The quantitative estimate of drug-likeness (QED) is 0.247. The molecule has 0 unspecified atom stereocenters. The maximum absolute atomic E-state index is 11.8. The lowest BCUT2D eigenvalue weighted by Gasteiger charge is -2.13. The molecule has 0 spiro atoms. The first-order valence-corrected chi connectivity index (χ1v) is 12.1. The van der Waals surface area contributed by atoms with Gasteiger partial charge in [-0.25, -0.2) is 18.4 Å². The van der Waals surface area contributed by atoms with Gasteiger partial charge < -0.3 is 15.2 Å². The molecule has 0 saturated carbocycles. The Morgan fingerprint density at radius 1 is 1.09 bits per heavy atom. The Morgan fingerprint density at radius 2 is 1.88 bits per heavy atom. The fourth-order valence-corrected chi connectivity index (χ4v) is 4.31. The van der Waals surface area contributed by atoms with Crippen molar-refractivity contribution >= 4 is 39.8 Å². The van der Waals surface area contributed by atoms with Crippen LogP contribution < -0.4 is 10.6 Å². The van der Waals surface area contributed by atoms with E-state index in [9.17, 15) is 8.42 Å². The number of nitrogens with zero attached hydrogens (tertiary/aromatic N) is 3. The van der Waals surface area contributed by atoms with Crippen LogP contribution in [-0.2, 0) is 29.5 Å². The van der Waals surface area contributed by atoms with Gasteiger partial charge in [0, 0.05) is 38.3 Å². The highest BCUT2D eigenvalue weighted by Gasteiger charge is 2.11. The second-order valence-corrected chi connectivity index (χ2v) is 9.46. The van der Waals surface area contributed by atoms with Gasteiger partial charge in [0.25, 0.3) is 0 Å². The summed E-state index contributed by atoms with van der Waals surface area (Å²) in [6.45, 7) is 6.47. The van der Waals surface area contributed by atoms with Crippen LogP contribution in [0.25, 0.3) is 0 Å². The number of guanidine groups is 1. The molecule has 0 saturated heterocycles. The topological polar surface area (TPSA) is 88.4 Å². The third-order valence-electron chi connectivity index (χ3n) is 4.78. The van der Waals surface area contributed by atoms with Crippen LogP contribution in [0.1, 0.15) is 29.2 Å². The molecule has 1 aromatic heterocycles. The first kappa shape index (κ1) is 25.9. The van der Waals surface area contributed by atoms with Crippen LogP contribution in [0.5, 0.6) is 0 Å². The summed E-state index contributed by atoms with van der Waals surface area (Å²) in [6.07, 6.45) is 6.76. The van der Waals surface area contributed by atoms with E-state index in [0.29, 0.717) is 23.9 Å². The molecular formula is C23H30IN5O2S. The maximum atomic E-state index is 11.8. The number of sulfone groups is 1. The van der Waals surface area contributed by atoms with Crippen molar-refractivity contribution < 1.29 is 8.42 Å². The third kappa shape index (κ3) is 7.63. The second kappa shape index (κ2) is 12.0. The van der Waals surface area contributed by atoms with Crippen LogP contribution in [0.3, 0.4) is 0 Å². The molecule has 0 aliphatic heterocycles. The minimum atomic E-state index is -3.21. The largest absolute Gasteiger partial charge is 0.357 e. The Balaban J connectivity index is 0.00000363. The predicted molar refractivity (Wildman–Crippen MR) is 139 cm³/mol. The van der Waals surface area contributed by atoms with E-state index in [-0.39, 0.29) is 24.0 Å². The highest BCUT2D eigenvalue weighted by molar-refractivity contribution is 14.0. The number of benzene rings is 2. The molecule has 7 nitrogen and oxygen atoms in total. The molecule has 2 N–H and O–H groups in total. The van der Waals surface area contributed by atoms with E-state index in [1.54, 1.807) is 12.3 Å². The van der Waals surface area contributed by atoms with Crippen molar-refractivity contribution in [3.05, 3.63) is 83.4 Å². The number of aromatic nitrogens is 2. The van der Waals surface area contributed by atoms with Gasteiger partial charge in [0.15, 0.2) is 15.8 Å². The summed E-state index contributed by atoms with van der Waals surface area (Å²) in [5.41, 5.74) is 4.07. The Hall–Kier alpha value is -2.40. The molecular weight excluding hydrogens is 537 g/mol. The molecule has 0 aliphatic rings. The summed E-state index contributed by atoms with van der Waals surface area (Å²) >= 11 is 0. The first-order chi connectivity index (χ1) is 14.8. The molecule has 0 fully saturated rings. The maximum Gasteiger partial charge on any atom is 0.191 e. The van der Waals surface area contributed by atoms with Gasteiger partial charge in [0.2, 0.25) is 0 Å². The average molecular weight is 567 g/mol. The zero-order valence-electron chi connectivity index (χ0n) is 18.6. The van der Waals surface area contributed by atoms with Crippen LogP contribution >= 0.6 is 24.0 Å². The minimum Gasteiger partial charge on any atom is -0.357 e. The molecule has 2 aromatic carbocycles. The Morgan fingerprint density at radius 3 is 2.53 bits per heavy atom. The van der Waals surface area contributed by atoms with Gasteiger partial charge in [0.05, 0.1) is 17.8 Å². The number of rotatable bonds is 8. The molecule has 0 aliphatic carbocycles. The molecule has 0 radical (unpaired) electrons. The van der Waals surface area contributed by atoms with Gasteiger partial charge >= 0.3 is 0 Å². The zero-order valence-corrected chi connectivity index (χ0v) is 21.7. The van der Waals surface area contributed by atoms with Crippen molar-refractivity contribution in [2.24, 2.45) is 4.99 Å². The molecule has 32 heavy (non-hydrogen) atoms. The summed E-state index contributed by atoms with van der Waals surface area (Å²) in [5, 5.41) is 6.58. The monoisotopic (exact) mass is 567 g/mol. The molecule has 172 valence electrons. The fraction of sp³-hybridized carbons (Fsp3) is 0.304. The summed E-state index contributed by atoms with van der Waals surface area (Å²) in [6, 6.07) is 13.8. The van der Waals surface area contributed by atoms with Gasteiger partial charge in [-0.2, -0.15) is 0 Å². The summed E-state index contributed by atoms with van der Waals surface area (Å²) in [5.74, 6) is 0.715. The lowest BCUT2D eigenvalue weighted by molar-refractivity contribution is 0.601. The van der Waals surface area contributed by atoms with Crippen LogP contribution in [0.4, 0.5) is 0 Å². The number of halogens is 1. The number of aliphatic imine (C=N–C) groups is 1. The Labute approximate surface area is 207 Å². The summed E-state index contributed by atoms with van der Waals surface area (Å²) in [7, 11) is -3.21. The average Bonchev–Trinajstić information content (AvgIpc) is 3.22.